The quantitative estimate of drug-likeness (QED) is 0.905. The van der Waals surface area contributed by atoms with E-state index >= 15 is 0 Å². The van der Waals surface area contributed by atoms with Crippen molar-refractivity contribution in [1.29, 1.82) is 0 Å². The first-order chi connectivity index (χ1) is 11.1. The summed E-state index contributed by atoms with van der Waals surface area (Å²) in [6, 6.07) is 16.5. The van der Waals surface area contributed by atoms with Gasteiger partial charge in [0, 0.05) is 36.3 Å². The van der Waals surface area contributed by atoms with Crippen LogP contribution in [0.4, 0.5) is 5.69 Å². The van der Waals surface area contributed by atoms with E-state index in [0.717, 1.165) is 18.5 Å². The Morgan fingerprint density at radius 1 is 1.22 bits per heavy atom. The number of amides is 1. The summed E-state index contributed by atoms with van der Waals surface area (Å²) in [5.41, 5.74) is 3.58. The van der Waals surface area contributed by atoms with Gasteiger partial charge in [-0.3, -0.25) is 4.79 Å². The molecule has 1 unspecified atom stereocenters. The Bertz CT molecular complexity index is 701. The number of nitrogens with one attached hydrogen (secondary N) is 1. The standard InChI is InChI=1S/C19H21ClN2O/c1-14-12-15-6-3-5-9-18(15)22(14)11-10-19(23)21-13-16-7-2-4-8-17(16)20/h2-9,14H,10-13H2,1H3,(H,21,23). The topological polar surface area (TPSA) is 32.3 Å². The van der Waals surface area contributed by atoms with Gasteiger partial charge >= 0.3 is 0 Å². The van der Waals surface area contributed by atoms with Crippen molar-refractivity contribution >= 4 is 23.2 Å². The number of hydrogen-bond donors (Lipinski definition) is 1. The van der Waals surface area contributed by atoms with E-state index < -0.39 is 0 Å². The molecule has 1 aliphatic rings. The van der Waals surface area contributed by atoms with E-state index in [1.165, 1.54) is 11.3 Å². The zero-order valence-corrected chi connectivity index (χ0v) is 14.0. The van der Waals surface area contributed by atoms with Gasteiger partial charge in [0.15, 0.2) is 0 Å². The molecule has 0 saturated carbocycles. The lowest BCUT2D eigenvalue weighted by Gasteiger charge is -2.24. The predicted octanol–water partition coefficient (Wildman–Crippen LogP) is 3.80. The average molecular weight is 329 g/mol. The minimum absolute atomic E-state index is 0.0569. The SMILES string of the molecule is CC1Cc2ccccc2N1CCC(=O)NCc1ccccc1Cl. The number of hydrogen-bond acceptors (Lipinski definition) is 2. The normalized spacial score (nSPS) is 16.3. The van der Waals surface area contributed by atoms with E-state index in [1.54, 1.807) is 0 Å². The number of fused-ring (bicyclic) bond motifs is 1. The second-order valence-electron chi connectivity index (χ2n) is 5.99. The minimum Gasteiger partial charge on any atom is -0.368 e. The molecule has 1 aliphatic heterocycles. The number of carbonyl (C=O) groups excluding carboxylic acids is 1. The van der Waals surface area contributed by atoms with E-state index in [0.29, 0.717) is 24.0 Å². The summed E-state index contributed by atoms with van der Waals surface area (Å²) in [5.74, 6) is 0.0569. The Morgan fingerprint density at radius 2 is 1.96 bits per heavy atom. The van der Waals surface area contributed by atoms with Crippen LogP contribution in [0, 0.1) is 0 Å². The van der Waals surface area contributed by atoms with Gasteiger partial charge < -0.3 is 10.2 Å². The molecule has 0 radical (unpaired) electrons. The van der Waals surface area contributed by atoms with Gasteiger partial charge in [0.05, 0.1) is 0 Å². The first kappa shape index (κ1) is 15.9. The molecule has 0 aromatic heterocycles. The molecular formula is C19H21ClN2O. The predicted molar refractivity (Wildman–Crippen MR) is 94.9 cm³/mol. The molecule has 0 aliphatic carbocycles. The number of benzene rings is 2. The molecule has 1 N–H and O–H groups in total. The number of nitrogens with zero attached hydrogens (tertiary/aromatic N) is 1. The molecule has 1 heterocycles. The van der Waals surface area contributed by atoms with Crippen molar-refractivity contribution in [1.82, 2.24) is 5.32 Å². The molecule has 120 valence electrons. The molecule has 2 aromatic rings. The molecule has 0 spiro atoms. The average Bonchev–Trinajstić information content (AvgIpc) is 2.87. The lowest BCUT2D eigenvalue weighted by molar-refractivity contribution is -0.121. The number of halogens is 1. The Balaban J connectivity index is 1.53. The van der Waals surface area contributed by atoms with Crippen molar-refractivity contribution in [2.75, 3.05) is 11.4 Å². The largest absolute Gasteiger partial charge is 0.368 e. The van der Waals surface area contributed by atoms with Crippen LogP contribution in [0.25, 0.3) is 0 Å². The van der Waals surface area contributed by atoms with Crippen molar-refractivity contribution in [2.45, 2.75) is 32.4 Å². The van der Waals surface area contributed by atoms with Crippen molar-refractivity contribution in [3.05, 3.63) is 64.7 Å². The van der Waals surface area contributed by atoms with Crippen LogP contribution in [0.5, 0.6) is 0 Å². The lowest BCUT2D eigenvalue weighted by Crippen LogP contribution is -2.34. The van der Waals surface area contributed by atoms with E-state index in [1.807, 2.05) is 24.3 Å². The molecule has 3 rings (SSSR count). The van der Waals surface area contributed by atoms with E-state index in [2.05, 4.69) is 41.4 Å². The molecule has 4 heteroatoms. The maximum absolute atomic E-state index is 12.1. The first-order valence-corrected chi connectivity index (χ1v) is 8.37. The molecule has 3 nitrogen and oxygen atoms in total. The highest BCUT2D eigenvalue weighted by Gasteiger charge is 2.25. The van der Waals surface area contributed by atoms with Gasteiger partial charge in [-0.2, -0.15) is 0 Å². The summed E-state index contributed by atoms with van der Waals surface area (Å²) in [5, 5.41) is 3.64. The molecule has 0 fully saturated rings. The summed E-state index contributed by atoms with van der Waals surface area (Å²) in [7, 11) is 0. The third-order valence-electron chi connectivity index (χ3n) is 4.36. The summed E-state index contributed by atoms with van der Waals surface area (Å²) >= 11 is 6.10. The second kappa shape index (κ2) is 7.05. The molecule has 2 aromatic carbocycles. The first-order valence-electron chi connectivity index (χ1n) is 8.00. The van der Waals surface area contributed by atoms with Crippen molar-refractivity contribution < 1.29 is 4.79 Å². The zero-order chi connectivity index (χ0) is 16.2. The smallest absolute Gasteiger partial charge is 0.222 e. The van der Waals surface area contributed by atoms with Crippen LogP contribution in [-0.4, -0.2) is 18.5 Å². The van der Waals surface area contributed by atoms with Gasteiger partial charge in [-0.1, -0.05) is 48.0 Å². The van der Waals surface area contributed by atoms with Crippen molar-refractivity contribution in [3.8, 4) is 0 Å². The summed E-state index contributed by atoms with van der Waals surface area (Å²) in [4.78, 5) is 14.4. The van der Waals surface area contributed by atoms with Crippen molar-refractivity contribution in [3.63, 3.8) is 0 Å². The molecular weight excluding hydrogens is 308 g/mol. The number of para-hydroxylation sites is 1. The highest BCUT2D eigenvalue weighted by Crippen LogP contribution is 2.31. The van der Waals surface area contributed by atoms with Crippen LogP contribution in [0.2, 0.25) is 5.02 Å². The molecule has 0 saturated heterocycles. The summed E-state index contributed by atoms with van der Waals surface area (Å²) < 4.78 is 0. The third kappa shape index (κ3) is 3.67. The Hall–Kier alpha value is -2.00. The highest BCUT2D eigenvalue weighted by molar-refractivity contribution is 6.31. The molecule has 1 amide bonds. The maximum Gasteiger partial charge on any atom is 0.222 e. The third-order valence-corrected chi connectivity index (χ3v) is 4.73. The second-order valence-corrected chi connectivity index (χ2v) is 6.40. The number of anilines is 1. The molecule has 1 atom stereocenters. The fourth-order valence-corrected chi connectivity index (χ4v) is 3.32. The van der Waals surface area contributed by atoms with Crippen molar-refractivity contribution in [2.24, 2.45) is 0 Å². The number of rotatable bonds is 5. The van der Waals surface area contributed by atoms with Gasteiger partial charge in [-0.25, -0.2) is 0 Å². The molecule has 23 heavy (non-hydrogen) atoms. The van der Waals surface area contributed by atoms with Gasteiger partial charge in [0.2, 0.25) is 5.91 Å². The summed E-state index contributed by atoms with van der Waals surface area (Å²) in [6.07, 6.45) is 1.54. The van der Waals surface area contributed by atoms with Gasteiger partial charge in [0.25, 0.3) is 0 Å². The fraction of sp³-hybridized carbons (Fsp3) is 0.316. The number of carbonyl (C=O) groups is 1. The van der Waals surface area contributed by atoms with E-state index in [-0.39, 0.29) is 5.91 Å². The Labute approximate surface area is 142 Å². The van der Waals surface area contributed by atoms with Crippen LogP contribution in [0.3, 0.4) is 0 Å². The van der Waals surface area contributed by atoms with E-state index in [4.69, 9.17) is 11.6 Å². The van der Waals surface area contributed by atoms with Crippen LogP contribution in [0.15, 0.2) is 48.5 Å². The van der Waals surface area contributed by atoms with Crippen LogP contribution in [-0.2, 0) is 17.8 Å². The van der Waals surface area contributed by atoms with Crippen LogP contribution >= 0.6 is 11.6 Å². The Kier molecular flexibility index (Phi) is 4.87. The summed E-state index contributed by atoms with van der Waals surface area (Å²) in [6.45, 7) is 3.43. The maximum atomic E-state index is 12.1. The van der Waals surface area contributed by atoms with Crippen LogP contribution in [0.1, 0.15) is 24.5 Å². The lowest BCUT2D eigenvalue weighted by atomic mass is 10.1. The fourth-order valence-electron chi connectivity index (χ4n) is 3.12. The van der Waals surface area contributed by atoms with E-state index in [9.17, 15) is 4.79 Å². The monoisotopic (exact) mass is 328 g/mol. The van der Waals surface area contributed by atoms with Gasteiger partial charge in [-0.05, 0) is 36.6 Å². The Morgan fingerprint density at radius 3 is 2.78 bits per heavy atom. The zero-order valence-electron chi connectivity index (χ0n) is 13.3. The van der Waals surface area contributed by atoms with Gasteiger partial charge in [0.1, 0.15) is 0 Å². The highest BCUT2D eigenvalue weighted by atomic mass is 35.5. The van der Waals surface area contributed by atoms with Gasteiger partial charge in [-0.15, -0.1) is 0 Å². The van der Waals surface area contributed by atoms with Crippen LogP contribution < -0.4 is 10.2 Å². The molecule has 0 bridgehead atoms. The minimum atomic E-state index is 0.0569.